The number of tetrazole rings is 1. The number of carboxylic acid groups (broad SMARTS) is 1. The second-order valence-corrected chi connectivity index (χ2v) is 6.86. The molecule has 8 heteroatoms. The van der Waals surface area contributed by atoms with Gasteiger partial charge in [0.1, 0.15) is 5.82 Å². The van der Waals surface area contributed by atoms with Gasteiger partial charge in [0.2, 0.25) is 0 Å². The average Bonchev–Trinajstić information content (AvgIpc) is 3.16. The predicted octanol–water partition coefficient (Wildman–Crippen LogP) is 2.53. The molecule has 27 heavy (non-hydrogen) atoms. The maximum absolute atomic E-state index is 11.8. The van der Waals surface area contributed by atoms with Crippen LogP contribution in [-0.4, -0.2) is 36.7 Å². The SMILES string of the molecule is CC(C)C(C(=O)O)[C@H](Cc1ccc(-c2ccc(N)nc2)cc1)c1nn[nH]n1. The van der Waals surface area contributed by atoms with E-state index in [1.165, 1.54) is 0 Å². The largest absolute Gasteiger partial charge is 0.481 e. The van der Waals surface area contributed by atoms with Crippen LogP contribution in [0, 0.1) is 11.8 Å². The average molecular weight is 366 g/mol. The molecular formula is C19H22N6O2. The molecule has 3 rings (SSSR count). The van der Waals surface area contributed by atoms with Crippen molar-refractivity contribution in [2.75, 3.05) is 5.73 Å². The Hall–Kier alpha value is -3.29. The van der Waals surface area contributed by atoms with Crippen molar-refractivity contribution in [3.05, 3.63) is 54.0 Å². The molecule has 0 spiro atoms. The molecule has 0 aliphatic heterocycles. The number of anilines is 1. The van der Waals surface area contributed by atoms with Crippen molar-refractivity contribution in [1.29, 1.82) is 0 Å². The molecule has 0 radical (unpaired) electrons. The Morgan fingerprint density at radius 2 is 1.85 bits per heavy atom. The van der Waals surface area contributed by atoms with E-state index in [0.29, 0.717) is 18.1 Å². The Bertz CT molecular complexity index is 876. The first-order valence-corrected chi connectivity index (χ1v) is 8.72. The van der Waals surface area contributed by atoms with Crippen LogP contribution in [0.4, 0.5) is 5.82 Å². The minimum absolute atomic E-state index is 0.0638. The highest BCUT2D eigenvalue weighted by atomic mass is 16.4. The van der Waals surface area contributed by atoms with E-state index in [0.717, 1.165) is 16.7 Å². The lowest BCUT2D eigenvalue weighted by atomic mass is 9.79. The third-order valence-electron chi connectivity index (χ3n) is 4.66. The fourth-order valence-electron chi connectivity index (χ4n) is 3.29. The number of aliphatic carboxylic acids is 1. The number of H-pyrrole nitrogens is 1. The molecule has 140 valence electrons. The number of hydrogen-bond acceptors (Lipinski definition) is 6. The van der Waals surface area contributed by atoms with Gasteiger partial charge in [-0.2, -0.15) is 5.21 Å². The van der Waals surface area contributed by atoms with Gasteiger partial charge in [-0.25, -0.2) is 4.98 Å². The van der Waals surface area contributed by atoms with Crippen LogP contribution in [0.15, 0.2) is 42.6 Å². The van der Waals surface area contributed by atoms with E-state index in [4.69, 9.17) is 5.73 Å². The lowest BCUT2D eigenvalue weighted by molar-refractivity contribution is -0.144. The van der Waals surface area contributed by atoms with Crippen molar-refractivity contribution in [1.82, 2.24) is 25.6 Å². The third-order valence-corrected chi connectivity index (χ3v) is 4.66. The topological polar surface area (TPSA) is 131 Å². The van der Waals surface area contributed by atoms with Gasteiger partial charge >= 0.3 is 5.97 Å². The van der Waals surface area contributed by atoms with Crippen molar-refractivity contribution < 1.29 is 9.90 Å². The minimum atomic E-state index is -0.857. The van der Waals surface area contributed by atoms with E-state index < -0.39 is 11.9 Å². The van der Waals surface area contributed by atoms with E-state index >= 15 is 0 Å². The van der Waals surface area contributed by atoms with E-state index in [2.05, 4.69) is 25.6 Å². The zero-order valence-electron chi connectivity index (χ0n) is 15.2. The van der Waals surface area contributed by atoms with Crippen LogP contribution in [-0.2, 0) is 11.2 Å². The number of nitrogens with one attached hydrogen (secondary N) is 1. The van der Waals surface area contributed by atoms with Crippen molar-refractivity contribution >= 4 is 11.8 Å². The summed E-state index contributed by atoms with van der Waals surface area (Å²) in [6, 6.07) is 11.6. The molecule has 0 aliphatic rings. The molecule has 3 aromatic rings. The summed E-state index contributed by atoms with van der Waals surface area (Å²) in [6.45, 7) is 3.78. The predicted molar refractivity (Wildman–Crippen MR) is 101 cm³/mol. The number of aromatic nitrogens is 5. The van der Waals surface area contributed by atoms with Crippen molar-refractivity contribution in [2.45, 2.75) is 26.2 Å². The second-order valence-electron chi connectivity index (χ2n) is 6.86. The number of aromatic amines is 1. The number of carboxylic acids is 1. The van der Waals surface area contributed by atoms with Gasteiger partial charge in [0, 0.05) is 17.7 Å². The summed E-state index contributed by atoms with van der Waals surface area (Å²) in [4.78, 5) is 15.9. The molecule has 2 heterocycles. The van der Waals surface area contributed by atoms with Gasteiger partial charge in [-0.3, -0.25) is 4.79 Å². The normalized spacial score (nSPS) is 13.4. The third kappa shape index (κ3) is 4.28. The molecule has 8 nitrogen and oxygen atoms in total. The minimum Gasteiger partial charge on any atom is -0.481 e. The first-order valence-electron chi connectivity index (χ1n) is 8.72. The number of hydrogen-bond donors (Lipinski definition) is 3. The molecule has 1 aromatic carbocycles. The Balaban J connectivity index is 1.85. The maximum Gasteiger partial charge on any atom is 0.307 e. The number of nitrogens with two attached hydrogens (primary N) is 1. The quantitative estimate of drug-likeness (QED) is 0.585. The smallest absolute Gasteiger partial charge is 0.307 e. The lowest BCUT2D eigenvalue weighted by Crippen LogP contribution is -2.29. The van der Waals surface area contributed by atoms with Crippen molar-refractivity contribution in [3.8, 4) is 11.1 Å². The molecule has 0 saturated carbocycles. The van der Waals surface area contributed by atoms with Gasteiger partial charge in [0.15, 0.2) is 5.82 Å². The van der Waals surface area contributed by atoms with E-state index in [1.807, 2.05) is 44.2 Å². The summed E-state index contributed by atoms with van der Waals surface area (Å²) in [6.07, 6.45) is 2.24. The molecule has 0 bridgehead atoms. The van der Waals surface area contributed by atoms with Crippen molar-refractivity contribution in [3.63, 3.8) is 0 Å². The molecule has 2 atom stereocenters. The van der Waals surface area contributed by atoms with E-state index in [9.17, 15) is 9.90 Å². The summed E-state index contributed by atoms with van der Waals surface area (Å²) in [5.41, 5.74) is 8.62. The molecular weight excluding hydrogens is 344 g/mol. The fourth-order valence-corrected chi connectivity index (χ4v) is 3.29. The summed E-state index contributed by atoms with van der Waals surface area (Å²) in [7, 11) is 0. The maximum atomic E-state index is 11.8. The fraction of sp³-hybridized carbons (Fsp3) is 0.316. The Labute approximate surface area is 156 Å². The van der Waals surface area contributed by atoms with Crippen LogP contribution < -0.4 is 5.73 Å². The highest BCUT2D eigenvalue weighted by molar-refractivity contribution is 5.71. The molecule has 0 saturated heterocycles. The van der Waals surface area contributed by atoms with E-state index in [1.54, 1.807) is 12.3 Å². The summed E-state index contributed by atoms with van der Waals surface area (Å²) >= 11 is 0. The summed E-state index contributed by atoms with van der Waals surface area (Å²) in [5.74, 6) is -1.00. The van der Waals surface area contributed by atoms with Crippen LogP contribution in [0.25, 0.3) is 11.1 Å². The Kier molecular flexibility index (Phi) is 5.44. The monoisotopic (exact) mass is 366 g/mol. The van der Waals surface area contributed by atoms with Crippen molar-refractivity contribution in [2.24, 2.45) is 11.8 Å². The van der Waals surface area contributed by atoms with Gasteiger partial charge in [-0.05, 0) is 35.6 Å². The zero-order chi connectivity index (χ0) is 19.4. The summed E-state index contributed by atoms with van der Waals surface area (Å²) in [5, 5.41) is 23.8. The van der Waals surface area contributed by atoms with Crippen LogP contribution in [0.5, 0.6) is 0 Å². The first-order chi connectivity index (χ1) is 13.0. The molecule has 1 unspecified atom stereocenters. The van der Waals surface area contributed by atoms with Crippen LogP contribution in [0.3, 0.4) is 0 Å². The molecule has 0 aliphatic carbocycles. The van der Waals surface area contributed by atoms with Gasteiger partial charge in [0.25, 0.3) is 0 Å². The number of carbonyl (C=O) groups is 1. The van der Waals surface area contributed by atoms with Gasteiger partial charge < -0.3 is 10.8 Å². The number of benzene rings is 1. The summed E-state index contributed by atoms with van der Waals surface area (Å²) < 4.78 is 0. The highest BCUT2D eigenvalue weighted by Crippen LogP contribution is 2.32. The second kappa shape index (κ2) is 7.94. The van der Waals surface area contributed by atoms with Gasteiger partial charge in [0.05, 0.1) is 5.92 Å². The highest BCUT2D eigenvalue weighted by Gasteiger charge is 2.34. The first kappa shape index (κ1) is 18.5. The molecule has 2 aromatic heterocycles. The number of nitrogens with zero attached hydrogens (tertiary/aromatic N) is 4. The molecule has 4 N–H and O–H groups in total. The number of rotatable bonds is 7. The number of pyridine rings is 1. The molecule has 0 amide bonds. The van der Waals surface area contributed by atoms with Crippen LogP contribution in [0.2, 0.25) is 0 Å². The number of nitrogen functional groups attached to an aromatic ring is 1. The van der Waals surface area contributed by atoms with Crippen LogP contribution >= 0.6 is 0 Å². The lowest BCUT2D eigenvalue weighted by Gasteiger charge is -2.24. The standard InChI is InChI=1S/C19H22N6O2/c1-11(2)17(19(26)27)15(18-22-24-25-23-18)9-12-3-5-13(6-4-12)14-7-8-16(20)21-10-14/h3-8,10-11,15,17H,9H2,1-2H3,(H2,20,21)(H,26,27)(H,22,23,24,25)/t15-,17?/m0/s1. The van der Waals surface area contributed by atoms with Crippen LogP contribution in [0.1, 0.15) is 31.2 Å². The van der Waals surface area contributed by atoms with Gasteiger partial charge in [-0.15, -0.1) is 10.2 Å². The zero-order valence-corrected chi connectivity index (χ0v) is 15.2. The van der Waals surface area contributed by atoms with E-state index in [-0.39, 0.29) is 11.8 Å². The van der Waals surface area contributed by atoms with Gasteiger partial charge in [-0.1, -0.05) is 43.3 Å². The Morgan fingerprint density at radius 3 is 2.37 bits per heavy atom. The Morgan fingerprint density at radius 1 is 1.15 bits per heavy atom. The molecule has 0 fully saturated rings.